The molecule has 2 aromatic carbocycles. The van der Waals surface area contributed by atoms with Crippen LogP contribution in [0.15, 0.2) is 58.3 Å². The molecule has 0 aliphatic carbocycles. The Morgan fingerprint density at radius 2 is 1.92 bits per heavy atom. The van der Waals surface area contributed by atoms with Gasteiger partial charge < -0.3 is 5.32 Å². The summed E-state index contributed by atoms with van der Waals surface area (Å²) in [7, 11) is 0. The summed E-state index contributed by atoms with van der Waals surface area (Å²) in [6.45, 7) is 0.485. The van der Waals surface area contributed by atoms with Crippen molar-refractivity contribution in [1.82, 2.24) is 5.32 Å². The molecule has 0 unspecified atom stereocenters. The van der Waals surface area contributed by atoms with Crippen LogP contribution in [-0.2, 0) is 0 Å². The molecular formula is C17H18N2O3S2. The number of nitro groups is 1. The number of thioether (sulfide) groups is 2. The van der Waals surface area contributed by atoms with Crippen molar-refractivity contribution in [2.45, 2.75) is 16.2 Å². The second-order valence-corrected chi connectivity index (χ2v) is 6.96. The zero-order valence-corrected chi connectivity index (χ0v) is 14.9. The molecule has 126 valence electrons. The van der Waals surface area contributed by atoms with Crippen molar-refractivity contribution < 1.29 is 9.72 Å². The van der Waals surface area contributed by atoms with Gasteiger partial charge in [-0.3, -0.25) is 14.9 Å². The average molecular weight is 362 g/mol. The Hall–Kier alpha value is -1.99. The van der Waals surface area contributed by atoms with Gasteiger partial charge in [0.25, 0.3) is 11.6 Å². The first-order valence-corrected chi connectivity index (χ1v) is 9.61. The lowest BCUT2D eigenvalue weighted by molar-refractivity contribution is -0.385. The molecule has 0 heterocycles. The van der Waals surface area contributed by atoms with Gasteiger partial charge in [0, 0.05) is 22.4 Å². The molecule has 1 amide bonds. The number of nitro benzene ring substituents is 1. The third-order valence-electron chi connectivity index (χ3n) is 3.26. The fraction of sp³-hybridized carbons (Fsp3) is 0.235. The van der Waals surface area contributed by atoms with Crippen LogP contribution in [-0.4, -0.2) is 29.4 Å². The minimum atomic E-state index is -0.524. The van der Waals surface area contributed by atoms with Crippen LogP contribution in [0.3, 0.4) is 0 Å². The van der Waals surface area contributed by atoms with E-state index in [1.807, 2.05) is 36.6 Å². The molecule has 0 saturated heterocycles. The van der Waals surface area contributed by atoms with Gasteiger partial charge in [0.15, 0.2) is 0 Å². The zero-order chi connectivity index (χ0) is 17.4. The molecular weight excluding hydrogens is 344 g/mol. The fourth-order valence-electron chi connectivity index (χ4n) is 2.06. The smallest absolute Gasteiger partial charge is 0.282 e. The van der Waals surface area contributed by atoms with E-state index in [9.17, 15) is 14.9 Å². The van der Waals surface area contributed by atoms with Crippen LogP contribution < -0.4 is 5.32 Å². The molecule has 24 heavy (non-hydrogen) atoms. The Balaban J connectivity index is 1.87. The number of carbonyl (C=O) groups excluding carboxylic acids is 1. The molecule has 0 aliphatic rings. The van der Waals surface area contributed by atoms with E-state index in [2.05, 4.69) is 5.32 Å². The molecule has 0 radical (unpaired) electrons. The summed E-state index contributed by atoms with van der Waals surface area (Å²) in [6, 6.07) is 14.6. The first-order valence-electron chi connectivity index (χ1n) is 7.40. The molecule has 5 nitrogen and oxygen atoms in total. The van der Waals surface area contributed by atoms with Crippen molar-refractivity contribution in [3.8, 4) is 0 Å². The summed E-state index contributed by atoms with van der Waals surface area (Å²) in [6.07, 6.45) is 2.66. The van der Waals surface area contributed by atoms with Gasteiger partial charge in [-0.1, -0.05) is 18.2 Å². The highest BCUT2D eigenvalue weighted by molar-refractivity contribution is 7.99. The number of amides is 1. The largest absolute Gasteiger partial charge is 0.352 e. The maximum Gasteiger partial charge on any atom is 0.282 e. The first-order chi connectivity index (χ1) is 11.6. The molecule has 2 aromatic rings. The average Bonchev–Trinajstić information content (AvgIpc) is 2.61. The number of hydrogen-bond acceptors (Lipinski definition) is 5. The molecule has 0 aromatic heterocycles. The van der Waals surface area contributed by atoms with Crippen LogP contribution in [0.5, 0.6) is 0 Å². The van der Waals surface area contributed by atoms with Gasteiger partial charge in [-0.15, -0.1) is 23.5 Å². The number of rotatable bonds is 8. The van der Waals surface area contributed by atoms with E-state index < -0.39 is 10.8 Å². The quantitative estimate of drug-likeness (QED) is 0.329. The Kier molecular flexibility index (Phi) is 7.14. The van der Waals surface area contributed by atoms with Crippen molar-refractivity contribution in [3.05, 3.63) is 64.2 Å². The number of nitrogens with zero attached hydrogens (tertiary/aromatic N) is 1. The summed E-state index contributed by atoms with van der Waals surface area (Å²) in [5.41, 5.74) is -0.0495. The summed E-state index contributed by atoms with van der Waals surface area (Å²) >= 11 is 3.16. The van der Waals surface area contributed by atoms with Gasteiger partial charge in [0.1, 0.15) is 5.56 Å². The van der Waals surface area contributed by atoms with E-state index in [1.165, 1.54) is 22.7 Å². The molecule has 0 fully saturated rings. The van der Waals surface area contributed by atoms with Crippen LogP contribution in [0.4, 0.5) is 5.69 Å². The Bertz CT molecular complexity index is 708. The normalized spacial score (nSPS) is 10.4. The molecule has 0 bridgehead atoms. The predicted octanol–water partition coefficient (Wildman–Crippen LogP) is 4.23. The predicted molar refractivity (Wildman–Crippen MR) is 99.0 cm³/mol. The van der Waals surface area contributed by atoms with E-state index in [0.717, 1.165) is 17.1 Å². The molecule has 2 rings (SSSR count). The van der Waals surface area contributed by atoms with Gasteiger partial charge >= 0.3 is 0 Å². The molecule has 0 saturated carbocycles. The topological polar surface area (TPSA) is 72.2 Å². The first kappa shape index (κ1) is 18.4. The highest BCUT2D eigenvalue weighted by atomic mass is 32.2. The van der Waals surface area contributed by atoms with E-state index in [4.69, 9.17) is 0 Å². The Labute approximate surface area is 149 Å². The molecule has 0 atom stereocenters. The van der Waals surface area contributed by atoms with E-state index >= 15 is 0 Å². The summed E-state index contributed by atoms with van der Waals surface area (Å²) in [5, 5.41) is 13.8. The minimum absolute atomic E-state index is 0.113. The molecule has 1 N–H and O–H groups in total. The Morgan fingerprint density at radius 1 is 1.17 bits per heavy atom. The van der Waals surface area contributed by atoms with E-state index in [-0.39, 0.29) is 11.3 Å². The van der Waals surface area contributed by atoms with Crippen LogP contribution in [0, 0.1) is 10.1 Å². The standard InChI is InChI=1S/C17H18N2O3S2/c1-23-14-8-9-16(19(21)22)15(12-14)17(20)18-10-5-11-24-13-6-3-2-4-7-13/h2-4,6-9,12H,5,10-11H2,1H3,(H,18,20). The lowest BCUT2D eigenvalue weighted by Gasteiger charge is -2.07. The van der Waals surface area contributed by atoms with Crippen LogP contribution in [0.25, 0.3) is 0 Å². The van der Waals surface area contributed by atoms with Gasteiger partial charge in [-0.25, -0.2) is 0 Å². The van der Waals surface area contributed by atoms with Crippen molar-refractivity contribution in [1.29, 1.82) is 0 Å². The number of carbonyl (C=O) groups is 1. The van der Waals surface area contributed by atoms with Gasteiger partial charge in [0.05, 0.1) is 4.92 Å². The second kappa shape index (κ2) is 9.34. The van der Waals surface area contributed by atoms with Crippen LogP contribution >= 0.6 is 23.5 Å². The lowest BCUT2D eigenvalue weighted by atomic mass is 10.1. The third-order valence-corrected chi connectivity index (χ3v) is 5.09. The molecule has 7 heteroatoms. The van der Waals surface area contributed by atoms with Gasteiger partial charge in [-0.2, -0.15) is 0 Å². The lowest BCUT2D eigenvalue weighted by Crippen LogP contribution is -2.25. The van der Waals surface area contributed by atoms with E-state index in [1.54, 1.807) is 23.9 Å². The van der Waals surface area contributed by atoms with Crippen molar-refractivity contribution in [2.24, 2.45) is 0 Å². The highest BCUT2D eigenvalue weighted by Gasteiger charge is 2.20. The Morgan fingerprint density at radius 3 is 2.58 bits per heavy atom. The number of nitrogens with one attached hydrogen (secondary N) is 1. The van der Waals surface area contributed by atoms with E-state index in [0.29, 0.717) is 6.54 Å². The zero-order valence-electron chi connectivity index (χ0n) is 13.2. The van der Waals surface area contributed by atoms with Crippen molar-refractivity contribution in [2.75, 3.05) is 18.6 Å². The summed E-state index contributed by atoms with van der Waals surface area (Å²) in [4.78, 5) is 24.8. The maximum absolute atomic E-state index is 12.2. The second-order valence-electron chi connectivity index (χ2n) is 4.91. The third kappa shape index (κ3) is 5.28. The monoisotopic (exact) mass is 362 g/mol. The van der Waals surface area contributed by atoms with Crippen LogP contribution in [0.2, 0.25) is 0 Å². The molecule has 0 spiro atoms. The van der Waals surface area contributed by atoms with Crippen molar-refractivity contribution in [3.63, 3.8) is 0 Å². The number of hydrogen-bond donors (Lipinski definition) is 1. The summed E-state index contributed by atoms with van der Waals surface area (Å²) < 4.78 is 0. The summed E-state index contributed by atoms with van der Waals surface area (Å²) in [5.74, 6) is 0.472. The minimum Gasteiger partial charge on any atom is -0.352 e. The fourth-order valence-corrected chi connectivity index (χ4v) is 3.37. The van der Waals surface area contributed by atoms with Crippen molar-refractivity contribution >= 4 is 35.1 Å². The van der Waals surface area contributed by atoms with Gasteiger partial charge in [-0.05, 0) is 42.7 Å². The highest BCUT2D eigenvalue weighted by Crippen LogP contribution is 2.24. The molecule has 0 aliphatic heterocycles. The number of benzene rings is 2. The van der Waals surface area contributed by atoms with Gasteiger partial charge in [0.2, 0.25) is 0 Å². The maximum atomic E-state index is 12.2. The van der Waals surface area contributed by atoms with Crippen LogP contribution in [0.1, 0.15) is 16.8 Å². The SMILES string of the molecule is CSc1ccc([N+](=O)[O-])c(C(=O)NCCCSc2ccccc2)c1.